The molecule has 0 radical (unpaired) electrons. The van der Waals surface area contributed by atoms with Crippen molar-refractivity contribution in [1.82, 2.24) is 15.0 Å². The molecule has 1 aromatic heterocycles. The third-order valence-corrected chi connectivity index (χ3v) is 1.82. The van der Waals surface area contributed by atoms with Gasteiger partial charge < -0.3 is 14.6 Å². The summed E-state index contributed by atoms with van der Waals surface area (Å²) in [6, 6.07) is 0. The van der Waals surface area contributed by atoms with Gasteiger partial charge in [-0.05, 0) is 0 Å². The standard InChI is InChI=1S/C9H15N3O4/c1-15-2-3-16-7-9(14)5-12-4-8(6-13)10-11-12/h4,6,9,14H,2-3,5,7H2,1H3. The van der Waals surface area contributed by atoms with Crippen LogP contribution in [0.3, 0.4) is 0 Å². The molecule has 0 spiro atoms. The van der Waals surface area contributed by atoms with E-state index in [0.717, 1.165) is 0 Å². The minimum atomic E-state index is -0.682. The van der Waals surface area contributed by atoms with Crippen LogP contribution in [0.4, 0.5) is 0 Å². The van der Waals surface area contributed by atoms with Crippen LogP contribution in [0.15, 0.2) is 6.20 Å². The third-order valence-electron chi connectivity index (χ3n) is 1.82. The Morgan fingerprint density at radius 3 is 3.06 bits per heavy atom. The first-order valence-electron chi connectivity index (χ1n) is 4.86. The zero-order valence-electron chi connectivity index (χ0n) is 9.07. The number of hydrogen-bond acceptors (Lipinski definition) is 6. The second kappa shape index (κ2) is 7.04. The summed E-state index contributed by atoms with van der Waals surface area (Å²) in [7, 11) is 1.58. The summed E-state index contributed by atoms with van der Waals surface area (Å²) in [6.07, 6.45) is 1.38. The van der Waals surface area contributed by atoms with Gasteiger partial charge in [0.2, 0.25) is 0 Å². The van der Waals surface area contributed by atoms with Crippen LogP contribution in [0, 0.1) is 0 Å². The molecular weight excluding hydrogens is 214 g/mol. The molecule has 1 N–H and O–H groups in total. The molecule has 1 aromatic rings. The second-order valence-electron chi connectivity index (χ2n) is 3.20. The number of methoxy groups -OCH3 is 1. The van der Waals surface area contributed by atoms with Gasteiger partial charge in [-0.2, -0.15) is 0 Å². The molecular formula is C9H15N3O4. The van der Waals surface area contributed by atoms with E-state index in [4.69, 9.17) is 9.47 Å². The smallest absolute Gasteiger partial charge is 0.171 e. The third kappa shape index (κ3) is 4.47. The largest absolute Gasteiger partial charge is 0.389 e. The molecule has 0 amide bonds. The van der Waals surface area contributed by atoms with Crippen molar-refractivity contribution in [2.45, 2.75) is 12.6 Å². The lowest BCUT2D eigenvalue weighted by Crippen LogP contribution is -2.23. The normalized spacial score (nSPS) is 12.6. The van der Waals surface area contributed by atoms with Gasteiger partial charge in [-0.15, -0.1) is 5.10 Å². The van der Waals surface area contributed by atoms with Gasteiger partial charge in [-0.25, -0.2) is 4.68 Å². The molecule has 0 aliphatic heterocycles. The van der Waals surface area contributed by atoms with E-state index in [9.17, 15) is 9.90 Å². The molecule has 1 atom stereocenters. The zero-order chi connectivity index (χ0) is 11.8. The SMILES string of the molecule is COCCOCC(O)Cn1cc(C=O)nn1. The first kappa shape index (κ1) is 12.8. The van der Waals surface area contributed by atoms with Crippen molar-refractivity contribution in [1.29, 1.82) is 0 Å². The Hall–Kier alpha value is -1.31. The number of nitrogens with zero attached hydrogens (tertiary/aromatic N) is 3. The molecule has 16 heavy (non-hydrogen) atoms. The summed E-state index contributed by atoms with van der Waals surface area (Å²) in [4.78, 5) is 10.3. The van der Waals surface area contributed by atoms with Gasteiger partial charge in [0.15, 0.2) is 6.29 Å². The molecule has 0 saturated carbocycles. The molecule has 1 heterocycles. The van der Waals surface area contributed by atoms with Crippen molar-refractivity contribution >= 4 is 6.29 Å². The number of aromatic nitrogens is 3. The van der Waals surface area contributed by atoms with Gasteiger partial charge in [-0.3, -0.25) is 4.79 Å². The summed E-state index contributed by atoms with van der Waals surface area (Å²) in [5.74, 6) is 0. The highest BCUT2D eigenvalue weighted by molar-refractivity contribution is 5.70. The molecule has 0 aliphatic carbocycles. The lowest BCUT2D eigenvalue weighted by Gasteiger charge is -2.10. The fourth-order valence-corrected chi connectivity index (χ4v) is 1.09. The fraction of sp³-hybridized carbons (Fsp3) is 0.667. The van der Waals surface area contributed by atoms with Gasteiger partial charge >= 0.3 is 0 Å². The first-order valence-corrected chi connectivity index (χ1v) is 4.86. The van der Waals surface area contributed by atoms with E-state index < -0.39 is 6.10 Å². The predicted molar refractivity (Wildman–Crippen MR) is 54.1 cm³/mol. The van der Waals surface area contributed by atoms with E-state index in [1.54, 1.807) is 7.11 Å². The minimum absolute atomic E-state index is 0.194. The van der Waals surface area contributed by atoms with Crippen LogP contribution in [-0.4, -0.2) is 59.4 Å². The maximum atomic E-state index is 10.3. The number of carbonyl (C=O) groups is 1. The summed E-state index contributed by atoms with van der Waals surface area (Å²) < 4.78 is 11.3. The number of hydrogen-bond donors (Lipinski definition) is 1. The van der Waals surface area contributed by atoms with Crippen LogP contribution >= 0.6 is 0 Å². The van der Waals surface area contributed by atoms with Crippen LogP contribution in [0.2, 0.25) is 0 Å². The molecule has 0 aromatic carbocycles. The molecule has 0 aliphatic rings. The van der Waals surface area contributed by atoms with Gasteiger partial charge in [0.05, 0.1) is 38.7 Å². The number of aldehydes is 1. The molecule has 7 nitrogen and oxygen atoms in total. The van der Waals surface area contributed by atoms with Gasteiger partial charge in [0, 0.05) is 7.11 Å². The second-order valence-corrected chi connectivity index (χ2v) is 3.20. The van der Waals surface area contributed by atoms with Gasteiger partial charge in [0.1, 0.15) is 5.69 Å². The quantitative estimate of drug-likeness (QED) is 0.460. The van der Waals surface area contributed by atoms with Crippen LogP contribution in [0.5, 0.6) is 0 Å². The van der Waals surface area contributed by atoms with E-state index in [0.29, 0.717) is 19.5 Å². The summed E-state index contributed by atoms with van der Waals surface area (Å²) in [6.45, 7) is 1.36. The molecule has 1 rings (SSSR count). The van der Waals surface area contributed by atoms with E-state index in [2.05, 4.69) is 10.3 Å². The summed E-state index contributed by atoms with van der Waals surface area (Å²) in [5, 5.41) is 16.8. The van der Waals surface area contributed by atoms with Crippen molar-refractivity contribution in [3.05, 3.63) is 11.9 Å². The Kier molecular flexibility index (Phi) is 5.62. The molecule has 1 unspecified atom stereocenters. The van der Waals surface area contributed by atoms with Crippen molar-refractivity contribution in [2.24, 2.45) is 0 Å². The van der Waals surface area contributed by atoms with Gasteiger partial charge in [0.25, 0.3) is 0 Å². The highest BCUT2D eigenvalue weighted by Crippen LogP contribution is 1.94. The highest BCUT2D eigenvalue weighted by atomic mass is 16.5. The lowest BCUT2D eigenvalue weighted by atomic mass is 10.4. The summed E-state index contributed by atoms with van der Waals surface area (Å²) in [5.41, 5.74) is 0.243. The zero-order valence-corrected chi connectivity index (χ0v) is 9.07. The molecule has 7 heteroatoms. The van der Waals surface area contributed by atoms with E-state index >= 15 is 0 Å². The maximum Gasteiger partial charge on any atom is 0.171 e. The number of rotatable bonds is 8. The van der Waals surface area contributed by atoms with Crippen LogP contribution < -0.4 is 0 Å². The lowest BCUT2D eigenvalue weighted by molar-refractivity contribution is 0.00578. The van der Waals surface area contributed by atoms with E-state index in [1.165, 1.54) is 10.9 Å². The molecule has 0 saturated heterocycles. The molecule has 0 bridgehead atoms. The number of carbonyl (C=O) groups excluding carboxylic acids is 1. The summed E-state index contributed by atoms with van der Waals surface area (Å²) >= 11 is 0. The van der Waals surface area contributed by atoms with Crippen molar-refractivity contribution < 1.29 is 19.4 Å². The van der Waals surface area contributed by atoms with Crippen molar-refractivity contribution in [2.75, 3.05) is 26.9 Å². The predicted octanol–water partition coefficient (Wildman–Crippen LogP) is -0.885. The Morgan fingerprint density at radius 2 is 2.44 bits per heavy atom. The van der Waals surface area contributed by atoms with E-state index in [-0.39, 0.29) is 18.8 Å². The first-order chi connectivity index (χ1) is 7.76. The number of ether oxygens (including phenoxy) is 2. The highest BCUT2D eigenvalue weighted by Gasteiger charge is 2.07. The average Bonchev–Trinajstić information content (AvgIpc) is 2.72. The van der Waals surface area contributed by atoms with Crippen LogP contribution in [0.25, 0.3) is 0 Å². The van der Waals surface area contributed by atoms with Crippen molar-refractivity contribution in [3.63, 3.8) is 0 Å². The van der Waals surface area contributed by atoms with Crippen molar-refractivity contribution in [3.8, 4) is 0 Å². The fourth-order valence-electron chi connectivity index (χ4n) is 1.09. The van der Waals surface area contributed by atoms with Crippen LogP contribution in [-0.2, 0) is 16.0 Å². The number of aliphatic hydroxyl groups is 1. The Morgan fingerprint density at radius 1 is 1.62 bits per heavy atom. The molecule has 0 fully saturated rings. The molecule has 90 valence electrons. The minimum Gasteiger partial charge on any atom is -0.389 e. The van der Waals surface area contributed by atoms with Crippen LogP contribution in [0.1, 0.15) is 10.5 Å². The Balaban J connectivity index is 2.22. The van der Waals surface area contributed by atoms with Gasteiger partial charge in [-0.1, -0.05) is 5.21 Å². The monoisotopic (exact) mass is 229 g/mol. The maximum absolute atomic E-state index is 10.3. The van der Waals surface area contributed by atoms with E-state index in [1.807, 2.05) is 0 Å². The Labute approximate surface area is 93.0 Å². The topological polar surface area (TPSA) is 86.5 Å². The average molecular weight is 229 g/mol. The Bertz CT molecular complexity index is 315. The number of aliphatic hydroxyl groups excluding tert-OH is 1.